The van der Waals surface area contributed by atoms with Crippen LogP contribution < -0.4 is 9.62 Å². The maximum atomic E-state index is 14.4. The van der Waals surface area contributed by atoms with Crippen LogP contribution >= 0.6 is 23.2 Å². The Labute approximate surface area is 269 Å². The summed E-state index contributed by atoms with van der Waals surface area (Å²) in [5, 5.41) is 3.93. The molecule has 4 aromatic rings. The van der Waals surface area contributed by atoms with Gasteiger partial charge in [-0.15, -0.1) is 0 Å². The Morgan fingerprint density at radius 2 is 1.27 bits per heavy atom. The third-order valence-corrected chi connectivity index (χ3v) is 9.05. The summed E-state index contributed by atoms with van der Waals surface area (Å²) in [5.41, 5.74) is 1.32. The molecule has 1 atom stereocenters. The predicted molar refractivity (Wildman–Crippen MR) is 176 cm³/mol. The van der Waals surface area contributed by atoms with E-state index in [4.69, 9.17) is 23.2 Å². The van der Waals surface area contributed by atoms with Crippen molar-refractivity contribution in [3.63, 3.8) is 0 Å². The van der Waals surface area contributed by atoms with E-state index in [2.05, 4.69) is 5.32 Å². The second-order valence-corrected chi connectivity index (χ2v) is 14.1. The highest BCUT2D eigenvalue weighted by molar-refractivity contribution is 7.92. The average molecular weight is 653 g/mol. The molecule has 44 heavy (non-hydrogen) atoms. The number of benzene rings is 4. The van der Waals surface area contributed by atoms with Gasteiger partial charge in [0, 0.05) is 28.5 Å². The minimum atomic E-state index is -4.20. The molecule has 0 fully saturated rings. The van der Waals surface area contributed by atoms with Gasteiger partial charge in [0.05, 0.1) is 10.6 Å². The van der Waals surface area contributed by atoms with Crippen molar-refractivity contribution in [2.45, 2.75) is 50.2 Å². The minimum Gasteiger partial charge on any atom is -0.350 e. The average Bonchev–Trinajstić information content (AvgIpc) is 2.98. The van der Waals surface area contributed by atoms with E-state index in [0.29, 0.717) is 15.7 Å². The maximum Gasteiger partial charge on any atom is 0.264 e. The highest BCUT2D eigenvalue weighted by atomic mass is 35.5. The fourth-order valence-electron chi connectivity index (χ4n) is 4.65. The van der Waals surface area contributed by atoms with Crippen LogP contribution in [-0.4, -0.2) is 43.3 Å². The van der Waals surface area contributed by atoms with E-state index in [1.54, 1.807) is 54.6 Å². The van der Waals surface area contributed by atoms with Crippen molar-refractivity contribution < 1.29 is 18.0 Å². The SMILES string of the molecule is CC(C)(C)NC(=O)[C@@H](Cc1ccccc1)N(Cc1ccc(Cl)cc1)C(=O)CN(c1ccccc1)S(=O)(=O)c1ccc(Cl)cc1. The van der Waals surface area contributed by atoms with Crippen LogP contribution in [0.2, 0.25) is 10.0 Å². The third kappa shape index (κ3) is 8.85. The van der Waals surface area contributed by atoms with Crippen molar-refractivity contribution >= 4 is 50.7 Å². The van der Waals surface area contributed by atoms with Gasteiger partial charge < -0.3 is 10.2 Å². The standard InChI is InChI=1S/C34H35Cl2N3O4S/c1-34(2,3)37-33(41)31(22-25-10-6-4-7-11-25)38(23-26-14-16-27(35)17-15-26)32(40)24-39(29-12-8-5-9-13-29)44(42,43)30-20-18-28(36)19-21-30/h4-21,31H,22-24H2,1-3H3,(H,37,41)/t31-/m1/s1. The van der Waals surface area contributed by atoms with E-state index in [1.807, 2.05) is 51.1 Å². The third-order valence-electron chi connectivity index (χ3n) is 6.76. The molecule has 0 unspecified atom stereocenters. The number of sulfonamides is 1. The molecule has 0 bridgehead atoms. The van der Waals surface area contributed by atoms with Crippen molar-refractivity contribution in [3.8, 4) is 0 Å². The molecule has 0 aliphatic heterocycles. The van der Waals surface area contributed by atoms with Gasteiger partial charge in [0.15, 0.2) is 0 Å². The van der Waals surface area contributed by atoms with E-state index >= 15 is 0 Å². The Balaban J connectivity index is 1.79. The molecule has 10 heteroatoms. The zero-order valence-corrected chi connectivity index (χ0v) is 27.1. The number of halogens is 2. The molecule has 1 N–H and O–H groups in total. The topological polar surface area (TPSA) is 86.8 Å². The quantitative estimate of drug-likeness (QED) is 0.194. The summed E-state index contributed by atoms with van der Waals surface area (Å²) >= 11 is 12.2. The van der Waals surface area contributed by atoms with Gasteiger partial charge in [-0.2, -0.15) is 0 Å². The second-order valence-electron chi connectivity index (χ2n) is 11.4. The normalized spacial score (nSPS) is 12.3. The van der Waals surface area contributed by atoms with E-state index in [9.17, 15) is 18.0 Å². The molecule has 2 amide bonds. The molecule has 0 saturated heterocycles. The zero-order chi connectivity index (χ0) is 31.9. The summed E-state index contributed by atoms with van der Waals surface area (Å²) < 4.78 is 29.1. The lowest BCUT2D eigenvalue weighted by atomic mass is 10.0. The van der Waals surface area contributed by atoms with Crippen molar-refractivity contribution in [3.05, 3.63) is 130 Å². The van der Waals surface area contributed by atoms with Crippen LogP contribution in [0.15, 0.2) is 114 Å². The van der Waals surface area contributed by atoms with E-state index in [-0.39, 0.29) is 23.8 Å². The second kappa shape index (κ2) is 14.3. The number of carbonyl (C=O) groups is 2. The summed E-state index contributed by atoms with van der Waals surface area (Å²) in [4.78, 5) is 29.7. The highest BCUT2D eigenvalue weighted by Crippen LogP contribution is 2.26. The number of hydrogen-bond acceptors (Lipinski definition) is 4. The predicted octanol–water partition coefficient (Wildman–Crippen LogP) is 6.74. The van der Waals surface area contributed by atoms with Gasteiger partial charge in [0.25, 0.3) is 10.0 Å². The molecular formula is C34H35Cl2N3O4S. The van der Waals surface area contributed by atoms with E-state index in [0.717, 1.165) is 15.4 Å². The minimum absolute atomic E-state index is 0.0193. The molecule has 230 valence electrons. The Hall–Kier alpha value is -3.85. The molecule has 0 aliphatic carbocycles. The number of anilines is 1. The smallest absolute Gasteiger partial charge is 0.264 e. The summed E-state index contributed by atoms with van der Waals surface area (Å²) in [5.74, 6) is -0.901. The number of hydrogen-bond donors (Lipinski definition) is 1. The van der Waals surface area contributed by atoms with Crippen LogP contribution in [0.1, 0.15) is 31.9 Å². The zero-order valence-electron chi connectivity index (χ0n) is 24.8. The summed E-state index contributed by atoms with van der Waals surface area (Å²) in [6.07, 6.45) is 0.220. The Bertz CT molecular complexity index is 1660. The molecule has 7 nitrogen and oxygen atoms in total. The largest absolute Gasteiger partial charge is 0.350 e. The van der Waals surface area contributed by atoms with Crippen molar-refractivity contribution in [2.75, 3.05) is 10.8 Å². The van der Waals surface area contributed by atoms with Crippen LogP contribution in [0.25, 0.3) is 0 Å². The van der Waals surface area contributed by atoms with Gasteiger partial charge in [0.2, 0.25) is 11.8 Å². The Morgan fingerprint density at radius 1 is 0.750 bits per heavy atom. The van der Waals surface area contributed by atoms with Gasteiger partial charge in [0.1, 0.15) is 12.6 Å². The molecule has 0 saturated carbocycles. The van der Waals surface area contributed by atoms with Gasteiger partial charge in [-0.25, -0.2) is 8.42 Å². The first-order valence-corrected chi connectivity index (χ1v) is 16.3. The van der Waals surface area contributed by atoms with Crippen molar-refractivity contribution in [1.29, 1.82) is 0 Å². The molecular weight excluding hydrogens is 617 g/mol. The first-order chi connectivity index (χ1) is 20.8. The number of carbonyl (C=O) groups excluding carboxylic acids is 2. The number of para-hydroxylation sites is 1. The monoisotopic (exact) mass is 651 g/mol. The van der Waals surface area contributed by atoms with Gasteiger partial charge in [-0.1, -0.05) is 83.9 Å². The lowest BCUT2D eigenvalue weighted by Gasteiger charge is -2.35. The Kier molecular flexibility index (Phi) is 10.7. The van der Waals surface area contributed by atoms with Gasteiger partial charge in [-0.3, -0.25) is 13.9 Å². The lowest BCUT2D eigenvalue weighted by Crippen LogP contribution is -2.56. The number of nitrogens with zero attached hydrogens (tertiary/aromatic N) is 2. The summed E-state index contributed by atoms with van der Waals surface area (Å²) in [6.45, 7) is 5.11. The summed E-state index contributed by atoms with van der Waals surface area (Å²) in [7, 11) is -4.20. The van der Waals surface area contributed by atoms with E-state index in [1.165, 1.54) is 29.2 Å². The van der Waals surface area contributed by atoms with Gasteiger partial charge in [-0.05, 0) is 80.4 Å². The van der Waals surface area contributed by atoms with Crippen LogP contribution in [0.3, 0.4) is 0 Å². The van der Waals surface area contributed by atoms with Crippen LogP contribution in [-0.2, 0) is 32.6 Å². The van der Waals surface area contributed by atoms with Crippen molar-refractivity contribution in [2.24, 2.45) is 0 Å². The maximum absolute atomic E-state index is 14.4. The number of nitrogens with one attached hydrogen (secondary N) is 1. The van der Waals surface area contributed by atoms with E-state index < -0.39 is 34.1 Å². The Morgan fingerprint density at radius 3 is 1.82 bits per heavy atom. The molecule has 0 heterocycles. The van der Waals surface area contributed by atoms with Crippen LogP contribution in [0.4, 0.5) is 5.69 Å². The first-order valence-electron chi connectivity index (χ1n) is 14.1. The summed E-state index contributed by atoms with van der Waals surface area (Å²) in [6, 6.07) is 29.6. The first kappa shape index (κ1) is 33.1. The fraction of sp³-hybridized carbons (Fsp3) is 0.235. The lowest BCUT2D eigenvalue weighted by molar-refractivity contribution is -0.140. The number of rotatable bonds is 11. The molecule has 0 aromatic heterocycles. The van der Waals surface area contributed by atoms with Crippen LogP contribution in [0, 0.1) is 0 Å². The molecule has 4 aromatic carbocycles. The molecule has 0 radical (unpaired) electrons. The fourth-order valence-corrected chi connectivity index (χ4v) is 6.32. The van der Waals surface area contributed by atoms with Crippen LogP contribution in [0.5, 0.6) is 0 Å². The molecule has 0 spiro atoms. The molecule has 0 aliphatic rings. The van der Waals surface area contributed by atoms with Gasteiger partial charge >= 0.3 is 0 Å². The van der Waals surface area contributed by atoms with Crippen molar-refractivity contribution in [1.82, 2.24) is 10.2 Å². The highest BCUT2D eigenvalue weighted by Gasteiger charge is 2.35. The number of amides is 2. The molecule has 4 rings (SSSR count).